The lowest BCUT2D eigenvalue weighted by Crippen LogP contribution is -2.45. The van der Waals surface area contributed by atoms with Crippen molar-refractivity contribution < 1.29 is 18.8 Å². The summed E-state index contributed by atoms with van der Waals surface area (Å²) in [7, 11) is 0. The van der Waals surface area contributed by atoms with Crippen LogP contribution in [-0.4, -0.2) is 46.2 Å². The van der Waals surface area contributed by atoms with Crippen LogP contribution < -0.4 is 10.1 Å². The molecule has 8 nitrogen and oxygen atoms in total. The van der Waals surface area contributed by atoms with Gasteiger partial charge in [-0.15, -0.1) is 0 Å². The van der Waals surface area contributed by atoms with Gasteiger partial charge in [0.2, 0.25) is 0 Å². The lowest BCUT2D eigenvalue weighted by molar-refractivity contribution is 0.0903. The number of rotatable bonds is 5. The van der Waals surface area contributed by atoms with Crippen LogP contribution in [0.3, 0.4) is 0 Å². The minimum atomic E-state index is -0.299. The number of carbonyl (C=O) groups excluding carboxylic acids is 1. The van der Waals surface area contributed by atoms with Crippen LogP contribution in [-0.2, 0) is 4.74 Å². The van der Waals surface area contributed by atoms with Gasteiger partial charge in [-0.1, -0.05) is 23.4 Å². The highest BCUT2D eigenvalue weighted by Crippen LogP contribution is 2.19. The number of aryl methyl sites for hydroxylation is 1. The van der Waals surface area contributed by atoms with Crippen LogP contribution in [0.15, 0.2) is 53.5 Å². The molecule has 134 valence electrons. The van der Waals surface area contributed by atoms with E-state index in [4.69, 9.17) is 14.0 Å². The average Bonchev–Trinajstić information content (AvgIpc) is 3.38. The second-order valence-corrected chi connectivity index (χ2v) is 6.04. The minimum absolute atomic E-state index is 0.257. The Hall–Kier alpha value is -3.13. The van der Waals surface area contributed by atoms with E-state index in [1.165, 1.54) is 6.26 Å². The van der Waals surface area contributed by atoms with Crippen molar-refractivity contribution in [2.45, 2.75) is 19.1 Å². The Bertz CT molecular complexity index is 890. The number of hydrogen-bond donors (Lipinski definition) is 1. The van der Waals surface area contributed by atoms with Crippen molar-refractivity contribution in [1.29, 1.82) is 0 Å². The highest BCUT2D eigenvalue weighted by atomic mass is 16.5. The fourth-order valence-electron chi connectivity index (χ4n) is 2.81. The molecule has 0 saturated carbocycles. The van der Waals surface area contributed by atoms with E-state index in [0.717, 1.165) is 5.69 Å². The van der Waals surface area contributed by atoms with E-state index >= 15 is 0 Å². The number of nitrogens with zero attached hydrogens (tertiary/aromatic N) is 3. The molecule has 1 saturated heterocycles. The summed E-state index contributed by atoms with van der Waals surface area (Å²) >= 11 is 0. The molecule has 0 aliphatic carbocycles. The number of amides is 1. The number of ether oxygens (including phenoxy) is 2. The third-order valence-corrected chi connectivity index (χ3v) is 4.21. The molecule has 2 aromatic heterocycles. The zero-order valence-corrected chi connectivity index (χ0v) is 14.2. The molecule has 1 aromatic carbocycles. The van der Waals surface area contributed by atoms with Crippen LogP contribution in [0.1, 0.15) is 16.1 Å². The molecule has 0 unspecified atom stereocenters. The highest BCUT2D eigenvalue weighted by molar-refractivity contribution is 5.95. The van der Waals surface area contributed by atoms with Gasteiger partial charge in [0.25, 0.3) is 5.91 Å². The number of benzene rings is 1. The first-order chi connectivity index (χ1) is 12.7. The maximum absolute atomic E-state index is 12.3. The second kappa shape index (κ2) is 7.01. The van der Waals surface area contributed by atoms with Crippen LogP contribution in [0.4, 0.5) is 0 Å². The SMILES string of the molecule is Cc1nocc1C(=O)N[C@H]1COC[C@H]1Oc1cnn(-c2ccccc2)c1. The van der Waals surface area contributed by atoms with Crippen molar-refractivity contribution in [3.63, 3.8) is 0 Å². The van der Waals surface area contributed by atoms with E-state index in [1.54, 1.807) is 24.0 Å². The predicted octanol–water partition coefficient (Wildman–Crippen LogP) is 1.74. The minimum Gasteiger partial charge on any atom is -0.482 e. The summed E-state index contributed by atoms with van der Waals surface area (Å²) in [6, 6.07) is 9.49. The molecule has 3 aromatic rings. The molecule has 4 rings (SSSR count). The van der Waals surface area contributed by atoms with Crippen molar-refractivity contribution >= 4 is 5.91 Å². The maximum Gasteiger partial charge on any atom is 0.256 e. The first-order valence-electron chi connectivity index (χ1n) is 8.27. The molecular weight excluding hydrogens is 336 g/mol. The molecule has 0 spiro atoms. The predicted molar refractivity (Wildman–Crippen MR) is 91.3 cm³/mol. The fourth-order valence-corrected chi connectivity index (χ4v) is 2.81. The van der Waals surface area contributed by atoms with Crippen LogP contribution in [0, 0.1) is 6.92 Å². The van der Waals surface area contributed by atoms with E-state index in [2.05, 4.69) is 15.6 Å². The topological polar surface area (TPSA) is 91.4 Å². The van der Waals surface area contributed by atoms with Crippen molar-refractivity contribution in [2.75, 3.05) is 13.2 Å². The Morgan fingerprint density at radius 1 is 1.31 bits per heavy atom. The molecule has 2 atom stereocenters. The van der Waals surface area contributed by atoms with Gasteiger partial charge in [0.05, 0.1) is 43.0 Å². The van der Waals surface area contributed by atoms with E-state index < -0.39 is 0 Å². The largest absolute Gasteiger partial charge is 0.482 e. The molecule has 0 radical (unpaired) electrons. The third-order valence-electron chi connectivity index (χ3n) is 4.21. The first kappa shape index (κ1) is 16.3. The molecule has 1 fully saturated rings. The summed E-state index contributed by atoms with van der Waals surface area (Å²) in [6.07, 6.45) is 4.48. The summed E-state index contributed by atoms with van der Waals surface area (Å²) < 4.78 is 18.0. The van der Waals surface area contributed by atoms with Gasteiger partial charge in [0.1, 0.15) is 17.9 Å². The standard InChI is InChI=1S/C18H18N4O4/c1-12-15(9-25-21-12)18(23)20-16-10-24-11-17(16)26-14-7-19-22(8-14)13-5-3-2-4-6-13/h2-9,16-17H,10-11H2,1H3,(H,20,23)/t16-,17+/m0/s1. The van der Waals surface area contributed by atoms with E-state index in [9.17, 15) is 4.79 Å². The summed E-state index contributed by atoms with van der Waals surface area (Å²) in [5.74, 6) is 0.359. The van der Waals surface area contributed by atoms with Crippen LogP contribution in [0.2, 0.25) is 0 Å². The quantitative estimate of drug-likeness (QED) is 0.750. The van der Waals surface area contributed by atoms with Gasteiger partial charge in [-0.25, -0.2) is 4.68 Å². The van der Waals surface area contributed by atoms with Gasteiger partial charge >= 0.3 is 0 Å². The van der Waals surface area contributed by atoms with Crippen molar-refractivity contribution in [3.05, 3.63) is 60.2 Å². The summed E-state index contributed by atoms with van der Waals surface area (Å²) in [5, 5.41) is 10.9. The molecular formula is C18H18N4O4. The summed E-state index contributed by atoms with van der Waals surface area (Å²) in [5.41, 5.74) is 1.90. The fraction of sp³-hybridized carbons (Fsp3) is 0.278. The highest BCUT2D eigenvalue weighted by Gasteiger charge is 2.32. The van der Waals surface area contributed by atoms with Gasteiger partial charge < -0.3 is 19.3 Å². The number of aromatic nitrogens is 3. The molecule has 1 aliphatic rings. The summed E-state index contributed by atoms with van der Waals surface area (Å²) in [6.45, 7) is 2.49. The third kappa shape index (κ3) is 3.31. The number of para-hydroxylation sites is 1. The van der Waals surface area contributed by atoms with Crippen molar-refractivity contribution in [1.82, 2.24) is 20.3 Å². The van der Waals surface area contributed by atoms with Gasteiger partial charge in [-0.05, 0) is 19.1 Å². The van der Waals surface area contributed by atoms with E-state index in [-0.39, 0.29) is 18.1 Å². The van der Waals surface area contributed by atoms with E-state index in [0.29, 0.717) is 30.2 Å². The molecule has 0 bridgehead atoms. The Kier molecular flexibility index (Phi) is 4.40. The van der Waals surface area contributed by atoms with Gasteiger partial charge in [0.15, 0.2) is 5.75 Å². The number of hydrogen-bond acceptors (Lipinski definition) is 6. The lowest BCUT2D eigenvalue weighted by atomic mass is 10.2. The monoisotopic (exact) mass is 354 g/mol. The van der Waals surface area contributed by atoms with Gasteiger partial charge in [-0.3, -0.25) is 4.79 Å². The Balaban J connectivity index is 1.42. The molecule has 1 aliphatic heterocycles. The Labute approximate surface area is 149 Å². The number of nitrogens with one attached hydrogen (secondary N) is 1. The molecule has 26 heavy (non-hydrogen) atoms. The second-order valence-electron chi connectivity index (χ2n) is 6.04. The first-order valence-corrected chi connectivity index (χ1v) is 8.27. The van der Waals surface area contributed by atoms with Crippen LogP contribution >= 0.6 is 0 Å². The Morgan fingerprint density at radius 3 is 2.92 bits per heavy atom. The molecule has 8 heteroatoms. The maximum atomic E-state index is 12.3. The Morgan fingerprint density at radius 2 is 2.15 bits per heavy atom. The average molecular weight is 354 g/mol. The van der Waals surface area contributed by atoms with Gasteiger partial charge in [-0.2, -0.15) is 5.10 Å². The molecule has 1 amide bonds. The van der Waals surface area contributed by atoms with E-state index in [1.807, 2.05) is 30.3 Å². The summed E-state index contributed by atoms with van der Waals surface area (Å²) in [4.78, 5) is 12.3. The zero-order valence-electron chi connectivity index (χ0n) is 14.2. The zero-order chi connectivity index (χ0) is 17.9. The van der Waals surface area contributed by atoms with Crippen LogP contribution in [0.5, 0.6) is 5.75 Å². The van der Waals surface area contributed by atoms with Gasteiger partial charge in [0, 0.05) is 0 Å². The molecule has 3 heterocycles. The van der Waals surface area contributed by atoms with Crippen molar-refractivity contribution in [3.8, 4) is 11.4 Å². The smallest absolute Gasteiger partial charge is 0.256 e. The van der Waals surface area contributed by atoms with Crippen molar-refractivity contribution in [2.24, 2.45) is 0 Å². The molecule has 1 N–H and O–H groups in total. The number of carbonyl (C=O) groups is 1. The normalized spacial score (nSPS) is 19.4. The van der Waals surface area contributed by atoms with Crippen LogP contribution in [0.25, 0.3) is 5.69 Å². The lowest BCUT2D eigenvalue weighted by Gasteiger charge is -2.19.